The third kappa shape index (κ3) is 3.59. The monoisotopic (exact) mass is 317 g/mol. The van der Waals surface area contributed by atoms with Gasteiger partial charge in [-0.25, -0.2) is 4.98 Å². The topological polar surface area (TPSA) is 41.3 Å². The summed E-state index contributed by atoms with van der Waals surface area (Å²) in [5.41, 5.74) is 1.05. The van der Waals surface area contributed by atoms with Gasteiger partial charge < -0.3 is 9.73 Å². The van der Waals surface area contributed by atoms with Gasteiger partial charge in [-0.2, -0.15) is 0 Å². The van der Waals surface area contributed by atoms with Crippen LogP contribution in [-0.2, 0) is 6.54 Å². The highest BCUT2D eigenvalue weighted by Gasteiger charge is 2.24. The summed E-state index contributed by atoms with van der Waals surface area (Å²) in [6.45, 7) is 4.45. The van der Waals surface area contributed by atoms with Crippen molar-refractivity contribution in [2.45, 2.75) is 38.3 Å². The van der Waals surface area contributed by atoms with E-state index in [4.69, 9.17) is 4.42 Å². The molecule has 1 N–H and O–H groups in total. The van der Waals surface area contributed by atoms with Gasteiger partial charge in [-0.3, -0.25) is 4.90 Å². The van der Waals surface area contributed by atoms with Gasteiger partial charge in [0.05, 0.1) is 10.6 Å². The number of nitrogens with zero attached hydrogens (tertiary/aromatic N) is 2. The van der Waals surface area contributed by atoms with Crippen LogP contribution in [0, 0.1) is 5.92 Å². The van der Waals surface area contributed by atoms with Crippen molar-refractivity contribution in [1.29, 1.82) is 0 Å². The Bertz CT molecular complexity index is 583. The SMILES string of the molecule is c1csc(-c2nc(CN3CCC(NCC4CC4)CC3)co2)c1. The van der Waals surface area contributed by atoms with Crippen molar-refractivity contribution in [3.63, 3.8) is 0 Å². The number of piperidine rings is 1. The van der Waals surface area contributed by atoms with Crippen molar-refractivity contribution in [3.8, 4) is 10.8 Å². The summed E-state index contributed by atoms with van der Waals surface area (Å²) >= 11 is 1.67. The normalized spacial score (nSPS) is 20.5. The lowest BCUT2D eigenvalue weighted by atomic mass is 10.0. The van der Waals surface area contributed by atoms with Gasteiger partial charge >= 0.3 is 0 Å². The van der Waals surface area contributed by atoms with Crippen molar-refractivity contribution >= 4 is 11.3 Å². The smallest absolute Gasteiger partial charge is 0.236 e. The minimum absolute atomic E-state index is 0.718. The summed E-state index contributed by atoms with van der Waals surface area (Å²) < 4.78 is 5.60. The number of oxazole rings is 1. The molecular formula is C17H23N3OS. The minimum Gasteiger partial charge on any atom is -0.444 e. The van der Waals surface area contributed by atoms with E-state index in [-0.39, 0.29) is 0 Å². The molecule has 0 bridgehead atoms. The number of rotatable bonds is 6. The number of nitrogens with one attached hydrogen (secondary N) is 1. The number of likely N-dealkylation sites (tertiary alicyclic amines) is 1. The third-order valence-electron chi connectivity index (χ3n) is 4.65. The molecule has 1 aliphatic heterocycles. The Hall–Kier alpha value is -1.17. The summed E-state index contributed by atoms with van der Waals surface area (Å²) in [6, 6.07) is 4.80. The van der Waals surface area contributed by atoms with Crippen molar-refractivity contribution in [2.24, 2.45) is 5.92 Å². The van der Waals surface area contributed by atoms with Crippen LogP contribution in [0.2, 0.25) is 0 Å². The molecule has 0 atom stereocenters. The molecule has 1 saturated carbocycles. The second-order valence-electron chi connectivity index (χ2n) is 6.52. The van der Waals surface area contributed by atoms with Crippen LogP contribution in [0.3, 0.4) is 0 Å². The van der Waals surface area contributed by atoms with Crippen LogP contribution < -0.4 is 5.32 Å². The largest absolute Gasteiger partial charge is 0.444 e. The summed E-state index contributed by atoms with van der Waals surface area (Å²) in [4.78, 5) is 8.22. The Morgan fingerprint density at radius 1 is 1.27 bits per heavy atom. The maximum absolute atomic E-state index is 5.60. The molecule has 4 rings (SSSR count). The summed E-state index contributed by atoms with van der Waals surface area (Å²) in [5, 5.41) is 5.79. The van der Waals surface area contributed by atoms with Gasteiger partial charge in [0.15, 0.2) is 0 Å². The quantitative estimate of drug-likeness (QED) is 0.887. The zero-order chi connectivity index (χ0) is 14.8. The Morgan fingerprint density at radius 3 is 2.86 bits per heavy atom. The summed E-state index contributed by atoms with van der Waals surface area (Å²) in [7, 11) is 0. The van der Waals surface area contributed by atoms with Gasteiger partial charge in [-0.15, -0.1) is 11.3 Å². The Morgan fingerprint density at radius 2 is 2.14 bits per heavy atom. The van der Waals surface area contributed by atoms with Crippen LogP contribution in [0.1, 0.15) is 31.4 Å². The zero-order valence-corrected chi connectivity index (χ0v) is 13.6. The molecule has 0 radical (unpaired) electrons. The van der Waals surface area contributed by atoms with E-state index >= 15 is 0 Å². The van der Waals surface area contributed by atoms with Crippen LogP contribution in [0.25, 0.3) is 10.8 Å². The fraction of sp³-hybridized carbons (Fsp3) is 0.588. The van der Waals surface area contributed by atoms with E-state index in [0.29, 0.717) is 0 Å². The van der Waals surface area contributed by atoms with Crippen LogP contribution in [0.5, 0.6) is 0 Å². The zero-order valence-electron chi connectivity index (χ0n) is 12.8. The summed E-state index contributed by atoms with van der Waals surface area (Å²) in [5.74, 6) is 1.73. The second kappa shape index (κ2) is 6.52. The van der Waals surface area contributed by atoms with Crippen LogP contribution >= 0.6 is 11.3 Å². The molecular weight excluding hydrogens is 294 g/mol. The molecule has 22 heavy (non-hydrogen) atoms. The number of hydrogen-bond acceptors (Lipinski definition) is 5. The lowest BCUT2D eigenvalue weighted by Crippen LogP contribution is -2.42. The van der Waals surface area contributed by atoms with E-state index in [1.165, 1.54) is 32.2 Å². The molecule has 1 aliphatic carbocycles. The first-order valence-corrected chi connectivity index (χ1v) is 9.19. The van der Waals surface area contributed by atoms with Crippen molar-refractivity contribution in [1.82, 2.24) is 15.2 Å². The Kier molecular flexibility index (Phi) is 4.28. The van der Waals surface area contributed by atoms with Crippen LogP contribution in [-0.4, -0.2) is 35.6 Å². The van der Waals surface area contributed by atoms with E-state index in [1.54, 1.807) is 11.3 Å². The number of hydrogen-bond donors (Lipinski definition) is 1. The molecule has 118 valence electrons. The molecule has 0 spiro atoms. The fourth-order valence-electron chi connectivity index (χ4n) is 3.07. The van der Waals surface area contributed by atoms with Gasteiger partial charge in [0.1, 0.15) is 6.26 Å². The first-order valence-electron chi connectivity index (χ1n) is 8.31. The molecule has 0 amide bonds. The molecule has 1 saturated heterocycles. The molecule has 2 aliphatic rings. The highest BCUT2D eigenvalue weighted by atomic mass is 32.1. The Labute approximate surface area is 135 Å². The lowest BCUT2D eigenvalue weighted by molar-refractivity contribution is 0.188. The number of thiophene rings is 1. The molecule has 0 aromatic carbocycles. The lowest BCUT2D eigenvalue weighted by Gasteiger charge is -2.31. The third-order valence-corrected chi connectivity index (χ3v) is 5.51. The average molecular weight is 317 g/mol. The van der Waals surface area contributed by atoms with E-state index in [2.05, 4.69) is 26.6 Å². The average Bonchev–Trinajstić information content (AvgIpc) is 3.01. The first-order chi connectivity index (χ1) is 10.9. The molecule has 0 unspecified atom stereocenters. The van der Waals surface area contributed by atoms with E-state index in [1.807, 2.05) is 12.3 Å². The maximum Gasteiger partial charge on any atom is 0.236 e. The highest BCUT2D eigenvalue weighted by molar-refractivity contribution is 7.13. The van der Waals surface area contributed by atoms with E-state index in [9.17, 15) is 0 Å². The van der Waals surface area contributed by atoms with Crippen LogP contribution in [0.4, 0.5) is 0 Å². The van der Waals surface area contributed by atoms with Gasteiger partial charge in [0.25, 0.3) is 0 Å². The predicted octanol–water partition coefficient (Wildman–Crippen LogP) is 3.37. The van der Waals surface area contributed by atoms with E-state index < -0.39 is 0 Å². The Balaban J connectivity index is 1.25. The highest BCUT2D eigenvalue weighted by Crippen LogP contribution is 2.28. The molecule has 2 aromatic heterocycles. The summed E-state index contributed by atoms with van der Waals surface area (Å²) in [6.07, 6.45) is 7.19. The molecule has 4 nitrogen and oxygen atoms in total. The minimum atomic E-state index is 0.718. The van der Waals surface area contributed by atoms with Crippen molar-refractivity contribution in [3.05, 3.63) is 29.5 Å². The molecule has 5 heteroatoms. The van der Waals surface area contributed by atoms with Gasteiger partial charge in [-0.05, 0) is 49.6 Å². The predicted molar refractivity (Wildman–Crippen MR) is 88.8 cm³/mol. The van der Waals surface area contributed by atoms with Crippen molar-refractivity contribution in [2.75, 3.05) is 19.6 Å². The van der Waals surface area contributed by atoms with Gasteiger partial charge in [-0.1, -0.05) is 6.07 Å². The van der Waals surface area contributed by atoms with Crippen molar-refractivity contribution < 1.29 is 4.42 Å². The molecule has 2 fully saturated rings. The fourth-order valence-corrected chi connectivity index (χ4v) is 3.73. The molecule has 2 aromatic rings. The standard InChI is InChI=1S/C17H23N3OS/c1-2-16(22-9-1)17-19-15(12-21-17)11-20-7-5-14(6-8-20)18-10-13-3-4-13/h1-2,9,12-14,18H,3-8,10-11H2. The van der Waals surface area contributed by atoms with Crippen LogP contribution in [0.15, 0.2) is 28.2 Å². The molecule has 3 heterocycles. The van der Waals surface area contributed by atoms with Gasteiger partial charge in [0.2, 0.25) is 5.89 Å². The number of aromatic nitrogens is 1. The maximum atomic E-state index is 5.60. The van der Waals surface area contributed by atoms with E-state index in [0.717, 1.165) is 48.1 Å². The second-order valence-corrected chi connectivity index (χ2v) is 7.47. The van der Waals surface area contributed by atoms with Gasteiger partial charge in [0, 0.05) is 25.7 Å². The first kappa shape index (κ1) is 14.4.